The molecule has 0 radical (unpaired) electrons. The van der Waals surface area contributed by atoms with Crippen LogP contribution in [0.25, 0.3) is 0 Å². The van der Waals surface area contributed by atoms with E-state index in [4.69, 9.17) is 9.47 Å². The van der Waals surface area contributed by atoms with E-state index in [1.165, 1.54) is 0 Å². The molecule has 1 aromatic carbocycles. The summed E-state index contributed by atoms with van der Waals surface area (Å²) in [4.78, 5) is 22.4. The third-order valence-corrected chi connectivity index (χ3v) is 2.31. The van der Waals surface area contributed by atoms with Crippen molar-refractivity contribution in [2.24, 2.45) is 0 Å². The van der Waals surface area contributed by atoms with Crippen molar-refractivity contribution in [1.82, 2.24) is 0 Å². The highest BCUT2D eigenvalue weighted by atomic mass is 16.5. The number of ether oxygens (including phenoxy) is 3. The summed E-state index contributed by atoms with van der Waals surface area (Å²) in [7, 11) is 1.59. The van der Waals surface area contributed by atoms with Crippen molar-refractivity contribution in [2.75, 3.05) is 20.3 Å². The largest absolute Gasteiger partial charge is 0.497 e. The molecule has 0 aliphatic carbocycles. The first-order chi connectivity index (χ1) is 9.15. The molecule has 0 heterocycles. The van der Waals surface area contributed by atoms with E-state index in [0.717, 1.165) is 11.3 Å². The van der Waals surface area contributed by atoms with Crippen LogP contribution in [0.2, 0.25) is 0 Å². The van der Waals surface area contributed by atoms with Crippen LogP contribution < -0.4 is 4.74 Å². The Hall–Kier alpha value is -1.88. The molecule has 104 valence electrons. The average Bonchev–Trinajstić information content (AvgIpc) is 2.39. The van der Waals surface area contributed by atoms with Crippen LogP contribution in [0.4, 0.5) is 0 Å². The van der Waals surface area contributed by atoms with Crippen molar-refractivity contribution in [1.29, 1.82) is 0 Å². The van der Waals surface area contributed by atoms with E-state index in [1.807, 2.05) is 24.3 Å². The molecule has 0 atom stereocenters. The number of carbonyl (C=O) groups excluding carboxylic acids is 2. The topological polar surface area (TPSA) is 61.8 Å². The van der Waals surface area contributed by atoms with Crippen LogP contribution in [0.15, 0.2) is 24.3 Å². The molecule has 1 rings (SSSR count). The van der Waals surface area contributed by atoms with Crippen LogP contribution in [-0.4, -0.2) is 32.1 Å². The van der Waals surface area contributed by atoms with Gasteiger partial charge in [0.15, 0.2) is 5.78 Å². The minimum Gasteiger partial charge on any atom is -0.497 e. The zero-order chi connectivity index (χ0) is 14.1. The monoisotopic (exact) mass is 266 g/mol. The predicted molar refractivity (Wildman–Crippen MR) is 68.9 cm³/mol. The van der Waals surface area contributed by atoms with Gasteiger partial charge >= 0.3 is 5.97 Å². The van der Waals surface area contributed by atoms with Crippen molar-refractivity contribution in [3.8, 4) is 5.75 Å². The fourth-order valence-corrected chi connectivity index (χ4v) is 1.47. The van der Waals surface area contributed by atoms with Gasteiger partial charge in [-0.1, -0.05) is 12.1 Å². The molecule has 0 aliphatic heterocycles. The van der Waals surface area contributed by atoms with E-state index in [-0.39, 0.29) is 25.4 Å². The number of hydrogen-bond donors (Lipinski definition) is 0. The van der Waals surface area contributed by atoms with E-state index < -0.39 is 5.97 Å². The fourth-order valence-electron chi connectivity index (χ4n) is 1.47. The lowest BCUT2D eigenvalue weighted by Gasteiger charge is -2.06. The minimum atomic E-state index is -0.516. The lowest BCUT2D eigenvalue weighted by atomic mass is 10.2. The highest BCUT2D eigenvalue weighted by Gasteiger charge is 2.10. The van der Waals surface area contributed by atoms with E-state index in [2.05, 4.69) is 4.74 Å². The SMILES string of the molecule is CCOC(=O)CC(=O)COCc1cccc(OC)c1. The van der Waals surface area contributed by atoms with Gasteiger partial charge in [0.25, 0.3) is 0 Å². The third-order valence-electron chi connectivity index (χ3n) is 2.31. The highest BCUT2D eigenvalue weighted by molar-refractivity contribution is 5.96. The summed E-state index contributed by atoms with van der Waals surface area (Å²) >= 11 is 0. The summed E-state index contributed by atoms with van der Waals surface area (Å²) in [5.41, 5.74) is 0.906. The van der Waals surface area contributed by atoms with Crippen molar-refractivity contribution in [3.63, 3.8) is 0 Å². The maximum absolute atomic E-state index is 11.4. The Morgan fingerprint density at radius 2 is 2.05 bits per heavy atom. The van der Waals surface area contributed by atoms with E-state index in [1.54, 1.807) is 14.0 Å². The van der Waals surface area contributed by atoms with E-state index >= 15 is 0 Å². The van der Waals surface area contributed by atoms with Crippen molar-refractivity contribution < 1.29 is 23.8 Å². The summed E-state index contributed by atoms with van der Waals surface area (Å²) in [6.45, 7) is 2.17. The molecule has 0 aromatic heterocycles. The summed E-state index contributed by atoms with van der Waals surface area (Å²) in [6, 6.07) is 7.38. The van der Waals surface area contributed by atoms with Gasteiger partial charge in [-0.3, -0.25) is 9.59 Å². The second kappa shape index (κ2) is 8.26. The lowest BCUT2D eigenvalue weighted by molar-refractivity contribution is -0.146. The van der Waals surface area contributed by atoms with Crippen LogP contribution in [0.5, 0.6) is 5.75 Å². The molecule has 0 unspecified atom stereocenters. The molecule has 0 bridgehead atoms. The summed E-state index contributed by atoms with van der Waals surface area (Å²) in [5, 5.41) is 0. The molecule has 0 fully saturated rings. The normalized spacial score (nSPS) is 10.0. The van der Waals surface area contributed by atoms with Crippen LogP contribution in [0.3, 0.4) is 0 Å². The molecule has 5 heteroatoms. The maximum atomic E-state index is 11.4. The molecule has 1 aromatic rings. The molecule has 19 heavy (non-hydrogen) atoms. The van der Waals surface area contributed by atoms with Gasteiger partial charge < -0.3 is 14.2 Å². The van der Waals surface area contributed by atoms with Gasteiger partial charge in [-0.2, -0.15) is 0 Å². The Kier molecular flexibility index (Phi) is 6.60. The first-order valence-corrected chi connectivity index (χ1v) is 6.03. The fraction of sp³-hybridized carbons (Fsp3) is 0.429. The summed E-state index contributed by atoms with van der Waals surface area (Å²) in [5.74, 6) is -0.0715. The number of hydrogen-bond acceptors (Lipinski definition) is 5. The lowest BCUT2D eigenvalue weighted by Crippen LogP contribution is -2.15. The Balaban J connectivity index is 2.29. The molecular formula is C14H18O5. The average molecular weight is 266 g/mol. The maximum Gasteiger partial charge on any atom is 0.313 e. The number of rotatable bonds is 8. The standard InChI is InChI=1S/C14H18O5/c1-3-19-14(16)8-12(15)10-18-9-11-5-4-6-13(7-11)17-2/h4-7H,3,8-10H2,1-2H3. The Bertz CT molecular complexity index is 428. The van der Waals surface area contributed by atoms with Gasteiger partial charge in [-0.05, 0) is 24.6 Å². The van der Waals surface area contributed by atoms with Crippen LogP contribution in [0.1, 0.15) is 18.9 Å². The van der Waals surface area contributed by atoms with Crippen molar-refractivity contribution in [2.45, 2.75) is 20.0 Å². The van der Waals surface area contributed by atoms with Crippen molar-refractivity contribution in [3.05, 3.63) is 29.8 Å². The third kappa shape index (κ3) is 6.01. The van der Waals surface area contributed by atoms with Gasteiger partial charge in [0.1, 0.15) is 18.8 Å². The summed E-state index contributed by atoms with van der Waals surface area (Å²) < 4.78 is 15.0. The predicted octanol–water partition coefficient (Wildman–Crippen LogP) is 1.73. The molecule has 0 amide bonds. The van der Waals surface area contributed by atoms with E-state index in [0.29, 0.717) is 6.61 Å². The van der Waals surface area contributed by atoms with Gasteiger partial charge in [0.05, 0.1) is 20.3 Å². The molecule has 0 spiro atoms. The zero-order valence-corrected chi connectivity index (χ0v) is 11.2. The molecular weight excluding hydrogens is 248 g/mol. The molecule has 0 aliphatic rings. The Labute approximate surface area is 112 Å². The van der Waals surface area contributed by atoms with Crippen molar-refractivity contribution >= 4 is 11.8 Å². The first kappa shape index (κ1) is 15.2. The number of Topliss-reactive ketones (excluding diaryl/α,β-unsaturated/α-hetero) is 1. The molecule has 0 N–H and O–H groups in total. The Morgan fingerprint density at radius 1 is 1.26 bits per heavy atom. The van der Waals surface area contributed by atoms with Gasteiger partial charge in [0.2, 0.25) is 0 Å². The number of carbonyl (C=O) groups is 2. The Morgan fingerprint density at radius 3 is 2.74 bits per heavy atom. The van der Waals surface area contributed by atoms with E-state index in [9.17, 15) is 9.59 Å². The van der Waals surface area contributed by atoms with Crippen LogP contribution >= 0.6 is 0 Å². The molecule has 5 nitrogen and oxygen atoms in total. The second-order valence-electron chi connectivity index (χ2n) is 3.86. The van der Waals surface area contributed by atoms with Crippen LogP contribution in [-0.2, 0) is 25.7 Å². The zero-order valence-electron chi connectivity index (χ0n) is 11.2. The van der Waals surface area contributed by atoms with Gasteiger partial charge in [0, 0.05) is 0 Å². The van der Waals surface area contributed by atoms with Gasteiger partial charge in [-0.15, -0.1) is 0 Å². The quantitative estimate of drug-likeness (QED) is 0.529. The highest BCUT2D eigenvalue weighted by Crippen LogP contribution is 2.13. The van der Waals surface area contributed by atoms with Gasteiger partial charge in [-0.25, -0.2) is 0 Å². The second-order valence-corrected chi connectivity index (χ2v) is 3.86. The number of esters is 1. The molecule has 0 saturated carbocycles. The summed E-state index contributed by atoms with van der Waals surface area (Å²) in [6.07, 6.45) is -0.244. The number of benzene rings is 1. The number of ketones is 1. The smallest absolute Gasteiger partial charge is 0.313 e. The first-order valence-electron chi connectivity index (χ1n) is 6.03. The van der Waals surface area contributed by atoms with Crippen LogP contribution in [0, 0.1) is 0 Å². The number of methoxy groups -OCH3 is 1. The molecule has 0 saturated heterocycles. The minimum absolute atomic E-state index is 0.101.